The van der Waals surface area contributed by atoms with Crippen molar-refractivity contribution in [3.05, 3.63) is 48.3 Å². The predicted octanol–water partition coefficient (Wildman–Crippen LogP) is 4.48. The Labute approximate surface area is 186 Å². The molecule has 1 atom stereocenters. The van der Waals surface area contributed by atoms with Crippen molar-refractivity contribution in [1.82, 2.24) is 10.3 Å². The molecule has 2 N–H and O–H groups in total. The van der Waals surface area contributed by atoms with Crippen molar-refractivity contribution >= 4 is 11.5 Å². The minimum Gasteiger partial charge on any atom is -0.385 e. The largest absolute Gasteiger partial charge is 0.385 e. The zero-order valence-corrected chi connectivity index (χ0v) is 18.8. The molecule has 2 fully saturated rings. The third-order valence-electron chi connectivity index (χ3n) is 6.70. The second-order valence-electron chi connectivity index (χ2n) is 9.70. The van der Waals surface area contributed by atoms with E-state index in [4.69, 9.17) is 4.74 Å². The summed E-state index contributed by atoms with van der Waals surface area (Å²) < 4.78 is 5.45. The van der Waals surface area contributed by atoms with Crippen LogP contribution in [0.1, 0.15) is 45.2 Å². The van der Waals surface area contributed by atoms with Crippen LogP contribution in [0.2, 0.25) is 0 Å². The fourth-order valence-corrected chi connectivity index (χ4v) is 4.50. The molecular formula is C26H35N3O2. The lowest BCUT2D eigenvalue weighted by Crippen LogP contribution is -2.48. The predicted molar refractivity (Wildman–Crippen MR) is 125 cm³/mol. The Morgan fingerprint density at radius 3 is 2.74 bits per heavy atom. The number of nitrogens with one attached hydrogen (secondary N) is 2. The average Bonchev–Trinajstić information content (AvgIpc) is 2.79. The maximum Gasteiger partial charge on any atom is 0.143 e. The van der Waals surface area contributed by atoms with E-state index in [0.717, 1.165) is 74.5 Å². The van der Waals surface area contributed by atoms with Crippen LogP contribution in [0.15, 0.2) is 42.6 Å². The molecule has 4 rings (SSSR count). The summed E-state index contributed by atoms with van der Waals surface area (Å²) >= 11 is 0. The van der Waals surface area contributed by atoms with Gasteiger partial charge in [0.1, 0.15) is 5.78 Å². The summed E-state index contributed by atoms with van der Waals surface area (Å²) in [6.45, 7) is 7.90. The van der Waals surface area contributed by atoms with E-state index in [-0.39, 0.29) is 11.5 Å². The summed E-state index contributed by atoms with van der Waals surface area (Å²) in [6, 6.07) is 12.6. The number of aromatic nitrogens is 1. The number of piperidine rings is 1. The van der Waals surface area contributed by atoms with Crippen LogP contribution in [0, 0.1) is 11.8 Å². The molecule has 0 unspecified atom stereocenters. The molecule has 3 heterocycles. The molecule has 0 radical (unpaired) electrons. The summed E-state index contributed by atoms with van der Waals surface area (Å²) in [5.74, 6) is 1.06. The lowest BCUT2D eigenvalue weighted by Gasteiger charge is -2.35. The van der Waals surface area contributed by atoms with Gasteiger partial charge in [-0.05, 0) is 80.8 Å². The molecular weight excluding hydrogens is 386 g/mol. The molecule has 0 bridgehead atoms. The molecule has 2 aromatic rings. The van der Waals surface area contributed by atoms with Crippen LogP contribution in [0.4, 0.5) is 5.69 Å². The Kier molecular flexibility index (Phi) is 7.03. The molecule has 0 saturated carbocycles. The summed E-state index contributed by atoms with van der Waals surface area (Å²) in [4.78, 5) is 17.3. The van der Waals surface area contributed by atoms with E-state index in [1.165, 1.54) is 0 Å². The molecule has 31 heavy (non-hydrogen) atoms. The van der Waals surface area contributed by atoms with E-state index < -0.39 is 0 Å². The summed E-state index contributed by atoms with van der Waals surface area (Å²) in [5.41, 5.74) is 4.38. The number of carbonyl (C=O) groups is 1. The lowest BCUT2D eigenvalue weighted by atomic mass is 9.84. The lowest BCUT2D eigenvalue weighted by molar-refractivity contribution is -0.123. The highest BCUT2D eigenvalue weighted by molar-refractivity contribution is 5.83. The normalized spacial score (nSPS) is 21.5. The second-order valence-corrected chi connectivity index (χ2v) is 9.70. The number of Topliss-reactive ketones (excluding diaryl/α,β-unsaturated/α-hetero) is 1. The van der Waals surface area contributed by atoms with Crippen molar-refractivity contribution in [3.8, 4) is 11.1 Å². The van der Waals surface area contributed by atoms with Gasteiger partial charge in [-0.3, -0.25) is 9.78 Å². The first-order valence-corrected chi connectivity index (χ1v) is 11.6. The summed E-state index contributed by atoms with van der Waals surface area (Å²) in [7, 11) is 0. The topological polar surface area (TPSA) is 63.2 Å². The Balaban J connectivity index is 1.38. The number of nitrogens with zero attached hydrogens (tertiary/aromatic N) is 1. The van der Waals surface area contributed by atoms with Gasteiger partial charge in [0.2, 0.25) is 0 Å². The van der Waals surface area contributed by atoms with Crippen molar-refractivity contribution in [2.24, 2.45) is 11.8 Å². The fourth-order valence-electron chi connectivity index (χ4n) is 4.50. The Hall–Kier alpha value is -2.24. The third kappa shape index (κ3) is 6.14. The number of rotatable bonds is 7. The zero-order valence-electron chi connectivity index (χ0n) is 18.8. The van der Waals surface area contributed by atoms with Gasteiger partial charge in [0.15, 0.2) is 0 Å². The number of benzene rings is 1. The van der Waals surface area contributed by atoms with Gasteiger partial charge in [-0.15, -0.1) is 0 Å². The van der Waals surface area contributed by atoms with Gasteiger partial charge in [0, 0.05) is 61.8 Å². The molecule has 166 valence electrons. The van der Waals surface area contributed by atoms with Crippen LogP contribution < -0.4 is 10.6 Å². The highest BCUT2D eigenvalue weighted by Gasteiger charge is 2.29. The van der Waals surface area contributed by atoms with Crippen molar-refractivity contribution in [2.45, 2.75) is 51.5 Å². The molecule has 5 nitrogen and oxygen atoms in total. The number of ketones is 1. The van der Waals surface area contributed by atoms with E-state index in [0.29, 0.717) is 18.1 Å². The SMILES string of the molecule is CC1(C)CC[C@@H](C(=O)Cc2cc(-c3cccc(NCC4CCOCC4)c3)ccn2)CN1. The molecule has 1 aromatic heterocycles. The zero-order chi connectivity index (χ0) is 21.7. The Bertz CT molecular complexity index is 880. The maximum absolute atomic E-state index is 12.8. The number of carbonyl (C=O) groups excluding carboxylic acids is 1. The number of pyridine rings is 1. The van der Waals surface area contributed by atoms with Gasteiger partial charge in [-0.25, -0.2) is 0 Å². The first-order chi connectivity index (χ1) is 15.0. The Morgan fingerprint density at radius 2 is 1.97 bits per heavy atom. The van der Waals surface area contributed by atoms with E-state index in [1.54, 1.807) is 0 Å². The van der Waals surface area contributed by atoms with E-state index in [1.807, 2.05) is 12.3 Å². The van der Waals surface area contributed by atoms with Crippen LogP contribution in [-0.4, -0.2) is 42.6 Å². The van der Waals surface area contributed by atoms with Crippen molar-refractivity contribution in [2.75, 3.05) is 31.6 Å². The quantitative estimate of drug-likeness (QED) is 0.690. The molecule has 2 saturated heterocycles. The molecule has 0 aliphatic carbocycles. The number of hydrogen-bond donors (Lipinski definition) is 2. The molecule has 0 spiro atoms. The molecule has 2 aliphatic rings. The minimum atomic E-state index is 0.0937. The number of anilines is 1. The van der Waals surface area contributed by atoms with Gasteiger partial charge in [-0.1, -0.05) is 12.1 Å². The third-order valence-corrected chi connectivity index (χ3v) is 6.70. The van der Waals surface area contributed by atoms with Crippen molar-refractivity contribution < 1.29 is 9.53 Å². The van der Waals surface area contributed by atoms with Gasteiger partial charge >= 0.3 is 0 Å². The standard InChI is InChI=1S/C26H35N3O2/c1-26(2)10-6-22(18-29-26)25(30)16-24-15-21(7-11-27-24)20-4-3-5-23(14-20)28-17-19-8-12-31-13-9-19/h3-5,7,11,14-15,19,22,28-29H,6,8-10,12-13,16-18H2,1-2H3/t22-/m1/s1. The Morgan fingerprint density at radius 1 is 1.16 bits per heavy atom. The fraction of sp³-hybridized carbons (Fsp3) is 0.538. The minimum absolute atomic E-state index is 0.0937. The van der Waals surface area contributed by atoms with E-state index in [9.17, 15) is 4.79 Å². The summed E-state index contributed by atoms with van der Waals surface area (Å²) in [6.07, 6.45) is 6.47. The molecule has 5 heteroatoms. The maximum atomic E-state index is 12.8. The van der Waals surface area contributed by atoms with Crippen LogP contribution in [-0.2, 0) is 16.0 Å². The van der Waals surface area contributed by atoms with E-state index in [2.05, 4.69) is 59.8 Å². The van der Waals surface area contributed by atoms with Gasteiger partial charge in [0.05, 0.1) is 0 Å². The van der Waals surface area contributed by atoms with Crippen LogP contribution in [0.3, 0.4) is 0 Å². The molecule has 0 amide bonds. The first-order valence-electron chi connectivity index (χ1n) is 11.6. The number of ether oxygens (including phenoxy) is 1. The first kappa shape index (κ1) is 22.0. The number of hydrogen-bond acceptors (Lipinski definition) is 5. The van der Waals surface area contributed by atoms with Crippen LogP contribution >= 0.6 is 0 Å². The second kappa shape index (κ2) is 9.92. The molecule has 1 aromatic carbocycles. The smallest absolute Gasteiger partial charge is 0.143 e. The monoisotopic (exact) mass is 421 g/mol. The van der Waals surface area contributed by atoms with Crippen molar-refractivity contribution in [3.63, 3.8) is 0 Å². The van der Waals surface area contributed by atoms with Gasteiger partial charge < -0.3 is 15.4 Å². The van der Waals surface area contributed by atoms with Crippen molar-refractivity contribution in [1.29, 1.82) is 0 Å². The van der Waals surface area contributed by atoms with Crippen LogP contribution in [0.5, 0.6) is 0 Å². The highest BCUT2D eigenvalue weighted by atomic mass is 16.5. The molecule has 2 aliphatic heterocycles. The van der Waals surface area contributed by atoms with Crippen LogP contribution in [0.25, 0.3) is 11.1 Å². The van der Waals surface area contributed by atoms with E-state index >= 15 is 0 Å². The van der Waals surface area contributed by atoms with Gasteiger partial charge in [0.25, 0.3) is 0 Å². The summed E-state index contributed by atoms with van der Waals surface area (Å²) in [5, 5.41) is 7.09. The highest BCUT2D eigenvalue weighted by Crippen LogP contribution is 2.26. The average molecular weight is 422 g/mol. The van der Waals surface area contributed by atoms with Gasteiger partial charge in [-0.2, -0.15) is 0 Å².